The summed E-state index contributed by atoms with van der Waals surface area (Å²) in [4.78, 5) is 15.6. The van der Waals surface area contributed by atoms with Crippen molar-refractivity contribution in [1.82, 2.24) is 9.80 Å². The van der Waals surface area contributed by atoms with Crippen molar-refractivity contribution in [2.75, 3.05) is 52.5 Å². The van der Waals surface area contributed by atoms with Crippen LogP contribution in [-0.4, -0.2) is 73.9 Å². The molecule has 1 unspecified atom stereocenters. The van der Waals surface area contributed by atoms with Crippen LogP contribution in [0.4, 0.5) is 0 Å². The number of nitrogens with zero attached hydrogens (tertiary/aromatic N) is 2. The SMILES string of the molecule is C=CCN1CCOCC2(C1)CN(C(C)=O)CCO2. The molecule has 5 nitrogen and oxygen atoms in total. The number of ether oxygens (including phenoxy) is 2. The van der Waals surface area contributed by atoms with E-state index in [9.17, 15) is 4.79 Å². The van der Waals surface area contributed by atoms with Gasteiger partial charge in [0.1, 0.15) is 5.60 Å². The van der Waals surface area contributed by atoms with Gasteiger partial charge in [0.15, 0.2) is 0 Å². The summed E-state index contributed by atoms with van der Waals surface area (Å²) in [7, 11) is 0. The summed E-state index contributed by atoms with van der Waals surface area (Å²) in [6.45, 7) is 11.0. The Hall–Kier alpha value is -0.910. The maximum absolute atomic E-state index is 11.5. The third-order valence-electron chi connectivity index (χ3n) is 3.51. The largest absolute Gasteiger partial charge is 0.377 e. The van der Waals surface area contributed by atoms with Gasteiger partial charge in [-0.3, -0.25) is 9.69 Å². The maximum atomic E-state index is 11.5. The van der Waals surface area contributed by atoms with E-state index in [2.05, 4.69) is 11.5 Å². The quantitative estimate of drug-likeness (QED) is 0.657. The number of rotatable bonds is 2. The lowest BCUT2D eigenvalue weighted by Gasteiger charge is -2.43. The zero-order valence-electron chi connectivity index (χ0n) is 11.1. The first-order valence-corrected chi connectivity index (χ1v) is 6.46. The molecule has 1 spiro atoms. The summed E-state index contributed by atoms with van der Waals surface area (Å²) in [5.41, 5.74) is -0.372. The molecule has 18 heavy (non-hydrogen) atoms. The van der Waals surface area contributed by atoms with E-state index >= 15 is 0 Å². The van der Waals surface area contributed by atoms with E-state index in [-0.39, 0.29) is 11.5 Å². The van der Waals surface area contributed by atoms with Crippen LogP contribution in [0.25, 0.3) is 0 Å². The first kappa shape index (κ1) is 13.5. The molecule has 1 amide bonds. The van der Waals surface area contributed by atoms with Crippen molar-refractivity contribution >= 4 is 5.91 Å². The van der Waals surface area contributed by atoms with E-state index in [1.807, 2.05) is 11.0 Å². The minimum absolute atomic E-state index is 0.109. The summed E-state index contributed by atoms with van der Waals surface area (Å²) in [5, 5.41) is 0. The molecule has 0 aromatic carbocycles. The van der Waals surface area contributed by atoms with Gasteiger partial charge in [-0.2, -0.15) is 0 Å². The van der Waals surface area contributed by atoms with E-state index in [0.717, 1.165) is 19.6 Å². The molecule has 5 heteroatoms. The predicted molar refractivity (Wildman–Crippen MR) is 68.4 cm³/mol. The average molecular weight is 254 g/mol. The van der Waals surface area contributed by atoms with Gasteiger partial charge < -0.3 is 14.4 Å². The second-order valence-corrected chi connectivity index (χ2v) is 5.05. The fourth-order valence-electron chi connectivity index (χ4n) is 2.62. The molecule has 0 bridgehead atoms. The molecule has 0 aliphatic carbocycles. The van der Waals surface area contributed by atoms with E-state index in [1.54, 1.807) is 6.92 Å². The molecule has 0 aromatic heterocycles. The predicted octanol–water partition coefficient (Wildman–Crippen LogP) is 0.122. The van der Waals surface area contributed by atoms with Crippen molar-refractivity contribution in [2.45, 2.75) is 12.5 Å². The van der Waals surface area contributed by atoms with Gasteiger partial charge in [-0.1, -0.05) is 6.08 Å². The van der Waals surface area contributed by atoms with E-state index in [1.165, 1.54) is 0 Å². The smallest absolute Gasteiger partial charge is 0.219 e. The van der Waals surface area contributed by atoms with Crippen LogP contribution in [0, 0.1) is 0 Å². The monoisotopic (exact) mass is 254 g/mol. The van der Waals surface area contributed by atoms with Crippen LogP contribution in [0.5, 0.6) is 0 Å². The van der Waals surface area contributed by atoms with Gasteiger partial charge in [-0.15, -0.1) is 6.58 Å². The van der Waals surface area contributed by atoms with Crippen LogP contribution < -0.4 is 0 Å². The molecule has 0 radical (unpaired) electrons. The van der Waals surface area contributed by atoms with Crippen molar-refractivity contribution in [2.24, 2.45) is 0 Å². The molecule has 102 valence electrons. The molecule has 0 saturated carbocycles. The zero-order valence-corrected chi connectivity index (χ0v) is 11.1. The highest BCUT2D eigenvalue weighted by atomic mass is 16.5. The molecule has 2 aliphatic heterocycles. The third kappa shape index (κ3) is 3.10. The maximum Gasteiger partial charge on any atom is 0.219 e. The highest BCUT2D eigenvalue weighted by Gasteiger charge is 2.40. The molecule has 2 fully saturated rings. The molecule has 0 aromatic rings. The van der Waals surface area contributed by atoms with Gasteiger partial charge in [0, 0.05) is 33.1 Å². The van der Waals surface area contributed by atoms with Crippen molar-refractivity contribution in [1.29, 1.82) is 0 Å². The van der Waals surface area contributed by atoms with Crippen LogP contribution >= 0.6 is 0 Å². The summed E-state index contributed by atoms with van der Waals surface area (Å²) < 4.78 is 11.6. The van der Waals surface area contributed by atoms with Crippen molar-refractivity contribution in [3.8, 4) is 0 Å². The molecule has 2 heterocycles. The number of carbonyl (C=O) groups is 1. The lowest BCUT2D eigenvalue weighted by atomic mass is 10.0. The summed E-state index contributed by atoms with van der Waals surface area (Å²) in [6, 6.07) is 0. The zero-order chi connectivity index (χ0) is 13.0. The molecule has 2 aliphatic rings. The fraction of sp³-hybridized carbons (Fsp3) is 0.769. The van der Waals surface area contributed by atoms with E-state index < -0.39 is 0 Å². The molecule has 2 saturated heterocycles. The first-order valence-electron chi connectivity index (χ1n) is 6.46. The van der Waals surface area contributed by atoms with E-state index in [0.29, 0.717) is 32.9 Å². The van der Waals surface area contributed by atoms with Crippen LogP contribution in [0.2, 0.25) is 0 Å². The minimum atomic E-state index is -0.372. The molecule has 0 N–H and O–H groups in total. The van der Waals surface area contributed by atoms with Crippen LogP contribution in [0.3, 0.4) is 0 Å². The van der Waals surface area contributed by atoms with Gasteiger partial charge in [0.05, 0.1) is 26.4 Å². The Kier molecular flexibility index (Phi) is 4.37. The number of amides is 1. The lowest BCUT2D eigenvalue weighted by molar-refractivity contribution is -0.159. The van der Waals surface area contributed by atoms with Crippen LogP contribution in [0.1, 0.15) is 6.92 Å². The molecular formula is C13H22N2O3. The second-order valence-electron chi connectivity index (χ2n) is 5.05. The van der Waals surface area contributed by atoms with Crippen molar-refractivity contribution in [3.05, 3.63) is 12.7 Å². The second kappa shape index (κ2) is 5.82. The Morgan fingerprint density at radius 2 is 2.22 bits per heavy atom. The Morgan fingerprint density at radius 1 is 1.39 bits per heavy atom. The molecule has 2 rings (SSSR count). The fourth-order valence-corrected chi connectivity index (χ4v) is 2.62. The highest BCUT2D eigenvalue weighted by Crippen LogP contribution is 2.22. The summed E-state index contributed by atoms with van der Waals surface area (Å²) in [5.74, 6) is 0.109. The Morgan fingerprint density at radius 3 is 2.94 bits per heavy atom. The topological polar surface area (TPSA) is 42.0 Å². The summed E-state index contributed by atoms with van der Waals surface area (Å²) in [6.07, 6.45) is 1.89. The normalized spacial score (nSPS) is 30.2. The van der Waals surface area contributed by atoms with Gasteiger partial charge in [0.25, 0.3) is 0 Å². The Labute approximate surface area is 108 Å². The van der Waals surface area contributed by atoms with Crippen LogP contribution in [0.15, 0.2) is 12.7 Å². The van der Waals surface area contributed by atoms with Crippen molar-refractivity contribution < 1.29 is 14.3 Å². The minimum Gasteiger partial charge on any atom is -0.377 e. The number of morpholine rings is 1. The Balaban J connectivity index is 2.06. The summed E-state index contributed by atoms with van der Waals surface area (Å²) >= 11 is 0. The highest BCUT2D eigenvalue weighted by molar-refractivity contribution is 5.73. The first-order chi connectivity index (χ1) is 8.65. The van der Waals surface area contributed by atoms with Gasteiger partial charge in [0.2, 0.25) is 5.91 Å². The van der Waals surface area contributed by atoms with Crippen molar-refractivity contribution in [3.63, 3.8) is 0 Å². The molecule has 1 atom stereocenters. The van der Waals surface area contributed by atoms with Gasteiger partial charge in [-0.05, 0) is 0 Å². The molecular weight excluding hydrogens is 232 g/mol. The number of hydrogen-bond donors (Lipinski definition) is 0. The van der Waals surface area contributed by atoms with E-state index in [4.69, 9.17) is 9.47 Å². The number of hydrogen-bond acceptors (Lipinski definition) is 4. The Bertz CT molecular complexity index is 321. The van der Waals surface area contributed by atoms with Crippen LogP contribution in [-0.2, 0) is 14.3 Å². The number of carbonyl (C=O) groups excluding carboxylic acids is 1. The standard InChI is InChI=1S/C13H22N2O3/c1-3-4-14-5-7-17-11-13(9-14)10-15(12(2)16)6-8-18-13/h3H,1,4-11H2,2H3. The van der Waals surface area contributed by atoms with Gasteiger partial charge >= 0.3 is 0 Å². The van der Waals surface area contributed by atoms with Gasteiger partial charge in [-0.25, -0.2) is 0 Å². The lowest BCUT2D eigenvalue weighted by Crippen LogP contribution is -2.59. The third-order valence-corrected chi connectivity index (χ3v) is 3.51. The average Bonchev–Trinajstić information content (AvgIpc) is 2.53.